The summed E-state index contributed by atoms with van der Waals surface area (Å²) in [6, 6.07) is 32.0. The normalized spacial score (nSPS) is 19.5. The molecule has 5 rings (SSSR count). The maximum absolute atomic E-state index is 12.8. The summed E-state index contributed by atoms with van der Waals surface area (Å²) in [5.74, 6) is 0.910. The molecule has 0 aliphatic carbocycles. The number of nitrogens with one attached hydrogen (secondary N) is 2. The SMILES string of the molecule is COC(=O)[C@H](Cc1ccccc1)NC(=O)NCc1cccc(-c2cccc([C@H]3O[C@@H](CSCCO)[C@@H](C)[C@@H](c4ccc(CO)cc4)O3)c2)c1. The number of urea groups is 1. The van der Waals surface area contributed by atoms with Gasteiger partial charge in [0.05, 0.1) is 32.5 Å². The number of thioether (sulfide) groups is 1. The number of hydrogen-bond donors (Lipinski definition) is 4. The van der Waals surface area contributed by atoms with E-state index in [9.17, 15) is 19.8 Å². The first-order valence-corrected chi connectivity index (χ1v) is 17.6. The highest BCUT2D eigenvalue weighted by molar-refractivity contribution is 7.99. The largest absolute Gasteiger partial charge is 0.467 e. The molecule has 0 aromatic heterocycles. The van der Waals surface area contributed by atoms with Crippen molar-refractivity contribution in [1.82, 2.24) is 10.6 Å². The lowest BCUT2D eigenvalue weighted by Crippen LogP contribution is -2.47. The molecule has 4 aromatic carbocycles. The minimum atomic E-state index is -0.818. The first-order chi connectivity index (χ1) is 23.9. The van der Waals surface area contributed by atoms with Crippen LogP contribution < -0.4 is 10.6 Å². The number of benzene rings is 4. The third kappa shape index (κ3) is 9.93. The molecule has 1 heterocycles. The number of methoxy groups -OCH3 is 1. The highest BCUT2D eigenvalue weighted by atomic mass is 32.2. The molecule has 4 aromatic rings. The van der Waals surface area contributed by atoms with Crippen molar-refractivity contribution in [2.24, 2.45) is 5.92 Å². The van der Waals surface area contributed by atoms with Crippen LogP contribution in [-0.2, 0) is 38.6 Å². The van der Waals surface area contributed by atoms with Crippen LogP contribution in [0.5, 0.6) is 0 Å². The lowest BCUT2D eigenvalue weighted by molar-refractivity contribution is -0.268. The molecule has 5 atom stereocenters. The topological polar surface area (TPSA) is 126 Å². The van der Waals surface area contributed by atoms with Crippen molar-refractivity contribution in [3.63, 3.8) is 0 Å². The second kappa shape index (κ2) is 18.0. The fourth-order valence-corrected chi connectivity index (χ4v) is 6.79. The highest BCUT2D eigenvalue weighted by Gasteiger charge is 2.38. The van der Waals surface area contributed by atoms with E-state index in [1.807, 2.05) is 97.1 Å². The van der Waals surface area contributed by atoms with Gasteiger partial charge in [-0.2, -0.15) is 11.8 Å². The molecule has 1 aliphatic rings. The van der Waals surface area contributed by atoms with E-state index in [1.54, 1.807) is 11.8 Å². The van der Waals surface area contributed by atoms with Gasteiger partial charge in [0.1, 0.15) is 6.04 Å². The maximum Gasteiger partial charge on any atom is 0.328 e. The Hall–Kier alpha value is -4.19. The molecule has 0 unspecified atom stereocenters. The van der Waals surface area contributed by atoms with Crippen LogP contribution in [0.1, 0.15) is 47.1 Å². The number of rotatable bonds is 14. The molecule has 258 valence electrons. The van der Waals surface area contributed by atoms with E-state index in [0.717, 1.165) is 44.7 Å². The van der Waals surface area contributed by atoms with Crippen molar-refractivity contribution in [2.75, 3.05) is 25.2 Å². The van der Waals surface area contributed by atoms with Crippen LogP contribution in [0.25, 0.3) is 11.1 Å². The molecule has 1 aliphatic heterocycles. The number of aliphatic hydroxyl groups excluding tert-OH is 2. The molecule has 0 saturated carbocycles. The van der Waals surface area contributed by atoms with Crippen molar-refractivity contribution in [3.8, 4) is 11.1 Å². The van der Waals surface area contributed by atoms with Gasteiger partial charge >= 0.3 is 12.0 Å². The van der Waals surface area contributed by atoms with Crippen molar-refractivity contribution >= 4 is 23.8 Å². The molecule has 2 amide bonds. The van der Waals surface area contributed by atoms with Crippen LogP contribution >= 0.6 is 11.8 Å². The molecule has 9 nitrogen and oxygen atoms in total. The fraction of sp³-hybridized carbons (Fsp3) is 0.333. The molecule has 0 bridgehead atoms. The average Bonchev–Trinajstić information content (AvgIpc) is 3.15. The Morgan fingerprint density at radius 2 is 1.55 bits per heavy atom. The van der Waals surface area contributed by atoms with Gasteiger partial charge in [0, 0.05) is 36.0 Å². The van der Waals surface area contributed by atoms with Gasteiger partial charge in [0.15, 0.2) is 6.29 Å². The smallest absolute Gasteiger partial charge is 0.328 e. The zero-order chi connectivity index (χ0) is 34.6. The van der Waals surface area contributed by atoms with E-state index >= 15 is 0 Å². The first kappa shape index (κ1) is 36.1. The Kier molecular flexibility index (Phi) is 13.3. The summed E-state index contributed by atoms with van der Waals surface area (Å²) >= 11 is 1.66. The van der Waals surface area contributed by atoms with Gasteiger partial charge in [-0.05, 0) is 45.5 Å². The van der Waals surface area contributed by atoms with Crippen LogP contribution in [0.3, 0.4) is 0 Å². The number of carbonyl (C=O) groups is 2. The van der Waals surface area contributed by atoms with Gasteiger partial charge in [-0.15, -0.1) is 0 Å². The minimum Gasteiger partial charge on any atom is -0.467 e. The van der Waals surface area contributed by atoms with Crippen LogP contribution in [0.4, 0.5) is 4.79 Å². The Morgan fingerprint density at radius 3 is 2.27 bits per heavy atom. The van der Waals surface area contributed by atoms with Gasteiger partial charge in [0.25, 0.3) is 0 Å². The Bertz CT molecular complexity index is 1650. The van der Waals surface area contributed by atoms with Crippen molar-refractivity contribution < 1.29 is 34.0 Å². The van der Waals surface area contributed by atoms with Crippen molar-refractivity contribution in [1.29, 1.82) is 0 Å². The lowest BCUT2D eigenvalue weighted by atomic mass is 9.91. The molecular weight excluding hydrogens is 641 g/mol. The number of carbonyl (C=O) groups excluding carboxylic acids is 2. The van der Waals surface area contributed by atoms with E-state index in [0.29, 0.717) is 12.2 Å². The van der Waals surface area contributed by atoms with E-state index < -0.39 is 24.3 Å². The van der Waals surface area contributed by atoms with Crippen LogP contribution in [0, 0.1) is 5.92 Å². The quantitative estimate of drug-likeness (QED) is 0.0950. The van der Waals surface area contributed by atoms with E-state index in [2.05, 4.69) is 23.6 Å². The second-order valence-corrected chi connectivity index (χ2v) is 13.2. The first-order valence-electron chi connectivity index (χ1n) is 16.4. The van der Waals surface area contributed by atoms with E-state index in [4.69, 9.17) is 14.2 Å². The highest BCUT2D eigenvalue weighted by Crippen LogP contribution is 2.43. The second-order valence-electron chi connectivity index (χ2n) is 12.0. The third-order valence-corrected chi connectivity index (χ3v) is 9.62. The summed E-state index contributed by atoms with van der Waals surface area (Å²) in [4.78, 5) is 25.2. The van der Waals surface area contributed by atoms with Gasteiger partial charge in [-0.25, -0.2) is 9.59 Å². The number of ether oxygens (including phenoxy) is 3. The zero-order valence-electron chi connectivity index (χ0n) is 27.8. The summed E-state index contributed by atoms with van der Waals surface area (Å²) in [6.45, 7) is 2.48. The number of hydrogen-bond acceptors (Lipinski definition) is 8. The molecule has 10 heteroatoms. The number of aliphatic hydroxyl groups is 2. The van der Waals surface area contributed by atoms with Crippen LogP contribution in [0.2, 0.25) is 0 Å². The average molecular weight is 685 g/mol. The lowest BCUT2D eigenvalue weighted by Gasteiger charge is -2.41. The van der Waals surface area contributed by atoms with Gasteiger partial charge < -0.3 is 35.1 Å². The molecule has 49 heavy (non-hydrogen) atoms. The zero-order valence-corrected chi connectivity index (χ0v) is 28.6. The van der Waals surface area contributed by atoms with Crippen molar-refractivity contribution in [3.05, 3.63) is 131 Å². The van der Waals surface area contributed by atoms with Gasteiger partial charge in [-0.1, -0.05) is 97.9 Å². The predicted octanol–water partition coefficient (Wildman–Crippen LogP) is 5.95. The number of amides is 2. The minimum absolute atomic E-state index is 0.0185. The third-order valence-electron chi connectivity index (χ3n) is 8.59. The summed E-state index contributed by atoms with van der Waals surface area (Å²) in [7, 11) is 1.31. The maximum atomic E-state index is 12.8. The molecule has 1 saturated heterocycles. The van der Waals surface area contributed by atoms with E-state index in [1.165, 1.54) is 7.11 Å². The Balaban J connectivity index is 1.28. The van der Waals surface area contributed by atoms with Gasteiger partial charge in [0.2, 0.25) is 0 Å². The molecular formula is C39H44N2O7S. The Labute approximate surface area is 292 Å². The molecule has 1 fully saturated rings. The summed E-state index contributed by atoms with van der Waals surface area (Å²) < 4.78 is 18.1. The summed E-state index contributed by atoms with van der Waals surface area (Å²) in [5, 5.41) is 24.5. The Morgan fingerprint density at radius 1 is 0.837 bits per heavy atom. The summed E-state index contributed by atoms with van der Waals surface area (Å²) in [6.07, 6.45) is -0.611. The monoisotopic (exact) mass is 684 g/mol. The van der Waals surface area contributed by atoms with Crippen LogP contribution in [-0.4, -0.2) is 59.6 Å². The molecule has 0 radical (unpaired) electrons. The van der Waals surface area contributed by atoms with E-state index in [-0.39, 0.29) is 37.9 Å². The fourth-order valence-electron chi connectivity index (χ4n) is 5.88. The standard InChI is InChI=1S/C39H44N2O7S/c1-26-35(25-49-19-18-42)47-38(48-36(26)30-16-14-28(24-43)15-17-30)33-13-7-12-32(22-33)31-11-6-10-29(20-31)23-40-39(45)41-34(37(44)46-2)21-27-8-4-3-5-9-27/h3-17,20,22,26,34-36,38,42-43H,18-19,21,23-25H2,1-2H3,(H2,40,41,45)/t26-,34+,35+,36+,38+/m1/s1. The molecule has 0 spiro atoms. The predicted molar refractivity (Wildman–Crippen MR) is 191 cm³/mol. The van der Waals surface area contributed by atoms with Crippen LogP contribution in [0.15, 0.2) is 103 Å². The summed E-state index contributed by atoms with van der Waals surface area (Å²) in [5.41, 5.74) is 6.49. The number of esters is 1. The molecule has 4 N–H and O–H groups in total. The van der Waals surface area contributed by atoms with Crippen molar-refractivity contribution in [2.45, 2.75) is 51.0 Å². The van der Waals surface area contributed by atoms with Gasteiger partial charge in [-0.3, -0.25) is 0 Å².